The first-order valence-electron chi connectivity index (χ1n) is 5.58. The van der Waals surface area contributed by atoms with Crippen molar-refractivity contribution in [3.63, 3.8) is 0 Å². The van der Waals surface area contributed by atoms with E-state index in [4.69, 9.17) is 4.52 Å². The zero-order chi connectivity index (χ0) is 13.2. The fourth-order valence-electron chi connectivity index (χ4n) is 1.68. The summed E-state index contributed by atoms with van der Waals surface area (Å²) in [6, 6.07) is 13.6. The van der Waals surface area contributed by atoms with Crippen molar-refractivity contribution in [3.05, 3.63) is 58.8 Å². The van der Waals surface area contributed by atoms with Crippen molar-refractivity contribution in [1.29, 1.82) is 0 Å². The van der Waals surface area contributed by atoms with Crippen LogP contribution in [0.4, 0.5) is 4.39 Å². The Morgan fingerprint density at radius 1 is 1.00 bits per heavy atom. The lowest BCUT2D eigenvalue weighted by Gasteiger charge is -1.94. The van der Waals surface area contributed by atoms with Gasteiger partial charge in [-0.25, -0.2) is 4.39 Å². The molecule has 1 heterocycles. The lowest BCUT2D eigenvalue weighted by Crippen LogP contribution is -1.82. The summed E-state index contributed by atoms with van der Waals surface area (Å²) in [7, 11) is 0. The topological polar surface area (TPSA) is 38.9 Å². The maximum Gasteiger partial charge on any atom is 0.258 e. The van der Waals surface area contributed by atoms with Crippen molar-refractivity contribution >= 4 is 15.9 Å². The molecule has 1 aromatic heterocycles. The van der Waals surface area contributed by atoms with Crippen LogP contribution in [0.2, 0.25) is 0 Å². The molecule has 19 heavy (non-hydrogen) atoms. The van der Waals surface area contributed by atoms with E-state index in [1.54, 1.807) is 12.1 Å². The van der Waals surface area contributed by atoms with Gasteiger partial charge in [0.1, 0.15) is 5.82 Å². The molecule has 0 radical (unpaired) electrons. The largest absolute Gasteiger partial charge is 0.334 e. The zero-order valence-corrected chi connectivity index (χ0v) is 11.3. The number of hydrogen-bond acceptors (Lipinski definition) is 3. The van der Waals surface area contributed by atoms with Crippen molar-refractivity contribution in [2.24, 2.45) is 0 Å². The summed E-state index contributed by atoms with van der Waals surface area (Å²) in [5.74, 6) is 0.449. The summed E-state index contributed by atoms with van der Waals surface area (Å²) in [6.45, 7) is 0. The van der Waals surface area contributed by atoms with Crippen LogP contribution in [0, 0.1) is 5.82 Å². The van der Waals surface area contributed by atoms with Crippen LogP contribution < -0.4 is 0 Å². The minimum Gasteiger partial charge on any atom is -0.334 e. The van der Waals surface area contributed by atoms with E-state index >= 15 is 0 Å². The summed E-state index contributed by atoms with van der Waals surface area (Å²) in [5.41, 5.74) is 1.41. The van der Waals surface area contributed by atoms with Crippen LogP contribution in [0.25, 0.3) is 22.8 Å². The van der Waals surface area contributed by atoms with Crippen molar-refractivity contribution in [2.45, 2.75) is 0 Å². The Bertz CT molecular complexity index is 709. The number of nitrogens with zero attached hydrogens (tertiary/aromatic N) is 2. The second-order valence-electron chi connectivity index (χ2n) is 3.94. The molecule has 0 N–H and O–H groups in total. The molecule has 0 fully saturated rings. The van der Waals surface area contributed by atoms with E-state index in [2.05, 4.69) is 26.1 Å². The second-order valence-corrected chi connectivity index (χ2v) is 4.86. The van der Waals surface area contributed by atoms with E-state index in [0.717, 1.165) is 10.0 Å². The quantitative estimate of drug-likeness (QED) is 0.707. The van der Waals surface area contributed by atoms with Gasteiger partial charge in [-0.3, -0.25) is 0 Å². The Balaban J connectivity index is 1.97. The van der Waals surface area contributed by atoms with E-state index < -0.39 is 0 Å². The van der Waals surface area contributed by atoms with Crippen LogP contribution in [-0.4, -0.2) is 10.1 Å². The Hall–Kier alpha value is -2.01. The molecule has 0 atom stereocenters. The van der Waals surface area contributed by atoms with Crippen LogP contribution in [0.5, 0.6) is 0 Å². The summed E-state index contributed by atoms with van der Waals surface area (Å²) < 4.78 is 19.3. The van der Waals surface area contributed by atoms with E-state index in [1.807, 2.05) is 24.3 Å². The van der Waals surface area contributed by atoms with Gasteiger partial charge in [-0.2, -0.15) is 4.98 Å². The van der Waals surface area contributed by atoms with Crippen molar-refractivity contribution < 1.29 is 8.91 Å². The Morgan fingerprint density at radius 3 is 2.53 bits per heavy atom. The molecule has 94 valence electrons. The predicted molar refractivity (Wildman–Crippen MR) is 72.8 cm³/mol. The first-order valence-corrected chi connectivity index (χ1v) is 6.37. The molecule has 0 saturated heterocycles. The molecule has 0 saturated carbocycles. The fraction of sp³-hybridized carbons (Fsp3) is 0. The molecule has 0 aliphatic rings. The third-order valence-electron chi connectivity index (χ3n) is 2.60. The molecular weight excluding hydrogens is 311 g/mol. The molecular formula is C14H8BrFN2O. The summed E-state index contributed by atoms with van der Waals surface area (Å²) in [4.78, 5) is 4.26. The predicted octanol–water partition coefficient (Wildman–Crippen LogP) is 4.31. The van der Waals surface area contributed by atoms with Gasteiger partial charge in [0.25, 0.3) is 5.89 Å². The minimum atomic E-state index is -0.333. The van der Waals surface area contributed by atoms with Gasteiger partial charge >= 0.3 is 0 Å². The highest BCUT2D eigenvalue weighted by Gasteiger charge is 2.10. The average molecular weight is 319 g/mol. The smallest absolute Gasteiger partial charge is 0.258 e. The van der Waals surface area contributed by atoms with Gasteiger partial charge < -0.3 is 4.52 Å². The maximum atomic E-state index is 13.1. The van der Waals surface area contributed by atoms with Crippen molar-refractivity contribution in [3.8, 4) is 22.8 Å². The van der Waals surface area contributed by atoms with Crippen LogP contribution >= 0.6 is 15.9 Å². The van der Waals surface area contributed by atoms with Gasteiger partial charge in [-0.1, -0.05) is 27.2 Å². The van der Waals surface area contributed by atoms with Crippen LogP contribution in [0.3, 0.4) is 0 Å². The van der Waals surface area contributed by atoms with Gasteiger partial charge in [0.15, 0.2) is 0 Å². The van der Waals surface area contributed by atoms with Crippen molar-refractivity contribution in [2.75, 3.05) is 0 Å². The first-order chi connectivity index (χ1) is 9.22. The van der Waals surface area contributed by atoms with E-state index in [-0.39, 0.29) is 5.82 Å². The number of halogens is 2. The average Bonchev–Trinajstić information content (AvgIpc) is 2.89. The first kappa shape index (κ1) is 12.0. The molecule has 3 nitrogen and oxygen atoms in total. The van der Waals surface area contributed by atoms with Crippen LogP contribution in [-0.2, 0) is 0 Å². The fourth-order valence-corrected chi connectivity index (χ4v) is 1.94. The Morgan fingerprint density at radius 2 is 1.79 bits per heavy atom. The molecule has 0 amide bonds. The van der Waals surface area contributed by atoms with Gasteiger partial charge in [0, 0.05) is 15.6 Å². The SMILES string of the molecule is Fc1cccc(-c2nc(-c3ccc(Br)cc3)no2)c1. The normalized spacial score (nSPS) is 10.6. The Kier molecular flexibility index (Phi) is 3.13. The van der Waals surface area contributed by atoms with E-state index in [1.165, 1.54) is 12.1 Å². The van der Waals surface area contributed by atoms with Crippen molar-refractivity contribution in [1.82, 2.24) is 10.1 Å². The number of aromatic nitrogens is 2. The van der Waals surface area contributed by atoms with Gasteiger partial charge in [-0.05, 0) is 42.5 Å². The zero-order valence-electron chi connectivity index (χ0n) is 9.68. The van der Waals surface area contributed by atoms with E-state index in [9.17, 15) is 4.39 Å². The van der Waals surface area contributed by atoms with Gasteiger partial charge in [0.05, 0.1) is 0 Å². The third-order valence-corrected chi connectivity index (χ3v) is 3.13. The van der Waals surface area contributed by atoms with Crippen LogP contribution in [0.15, 0.2) is 57.5 Å². The molecule has 0 bridgehead atoms. The summed E-state index contributed by atoms with van der Waals surface area (Å²) >= 11 is 3.36. The minimum absolute atomic E-state index is 0.303. The van der Waals surface area contributed by atoms with Crippen LogP contribution in [0.1, 0.15) is 0 Å². The molecule has 0 aliphatic carbocycles. The highest BCUT2D eigenvalue weighted by Crippen LogP contribution is 2.23. The maximum absolute atomic E-state index is 13.1. The highest BCUT2D eigenvalue weighted by molar-refractivity contribution is 9.10. The Labute approximate surface area is 117 Å². The molecule has 3 aromatic rings. The lowest BCUT2D eigenvalue weighted by atomic mass is 10.2. The lowest BCUT2D eigenvalue weighted by molar-refractivity contribution is 0.432. The molecule has 5 heteroatoms. The second kappa shape index (κ2) is 4.93. The third kappa shape index (κ3) is 2.56. The summed E-state index contributed by atoms with van der Waals surface area (Å²) in [5, 5.41) is 3.90. The van der Waals surface area contributed by atoms with Gasteiger partial charge in [0.2, 0.25) is 5.82 Å². The highest BCUT2D eigenvalue weighted by atomic mass is 79.9. The number of hydrogen-bond donors (Lipinski definition) is 0. The monoisotopic (exact) mass is 318 g/mol. The molecule has 3 rings (SSSR count). The number of benzene rings is 2. The van der Waals surface area contributed by atoms with Gasteiger partial charge in [-0.15, -0.1) is 0 Å². The summed E-state index contributed by atoms with van der Waals surface area (Å²) in [6.07, 6.45) is 0. The molecule has 0 spiro atoms. The van der Waals surface area contributed by atoms with E-state index in [0.29, 0.717) is 17.3 Å². The molecule has 0 unspecified atom stereocenters. The molecule has 0 aliphatic heterocycles. The number of rotatable bonds is 2. The standard InChI is InChI=1S/C14H8BrFN2O/c15-11-6-4-9(5-7-11)13-17-14(19-18-13)10-2-1-3-12(16)8-10/h1-8H. The molecule has 2 aromatic carbocycles.